The highest BCUT2D eigenvalue weighted by atomic mass is 16.1. The molecule has 0 atom stereocenters. The van der Waals surface area contributed by atoms with Crippen LogP contribution in [0.5, 0.6) is 0 Å². The lowest BCUT2D eigenvalue weighted by Crippen LogP contribution is -2.32. The molecular formula is C15H24N2O. The smallest absolute Gasteiger partial charge is 0.161 e. The lowest BCUT2D eigenvalue weighted by molar-refractivity contribution is 0.101. The molecule has 3 nitrogen and oxygen atoms in total. The molecule has 0 bridgehead atoms. The van der Waals surface area contributed by atoms with E-state index in [0.717, 1.165) is 12.4 Å². The number of hydrogen-bond donors (Lipinski definition) is 0. The SMILES string of the molecule is CCCCCN(c1ccc(C(C)=O)cn1)C(C)C. The Morgan fingerprint density at radius 1 is 1.33 bits per heavy atom. The summed E-state index contributed by atoms with van der Waals surface area (Å²) in [6.45, 7) is 9.15. The van der Waals surface area contributed by atoms with Gasteiger partial charge in [-0.25, -0.2) is 4.98 Å². The molecule has 0 aromatic carbocycles. The number of hydrogen-bond acceptors (Lipinski definition) is 3. The predicted octanol–water partition coefficient (Wildman–Crippen LogP) is 3.69. The Morgan fingerprint density at radius 2 is 2.06 bits per heavy atom. The molecule has 0 unspecified atom stereocenters. The van der Waals surface area contributed by atoms with Crippen molar-refractivity contribution in [1.82, 2.24) is 4.98 Å². The van der Waals surface area contributed by atoms with E-state index in [4.69, 9.17) is 0 Å². The molecule has 0 aliphatic heterocycles. The van der Waals surface area contributed by atoms with Gasteiger partial charge in [0.1, 0.15) is 5.82 Å². The van der Waals surface area contributed by atoms with Crippen LogP contribution in [0, 0.1) is 0 Å². The number of carbonyl (C=O) groups excluding carboxylic acids is 1. The van der Waals surface area contributed by atoms with Crippen LogP contribution in [0.1, 0.15) is 57.3 Å². The third kappa shape index (κ3) is 4.13. The van der Waals surface area contributed by atoms with Crippen molar-refractivity contribution in [3.8, 4) is 0 Å². The van der Waals surface area contributed by atoms with Crippen LogP contribution in [0.2, 0.25) is 0 Å². The van der Waals surface area contributed by atoms with Crippen LogP contribution in [0.3, 0.4) is 0 Å². The molecule has 0 saturated heterocycles. The molecule has 0 amide bonds. The number of pyridine rings is 1. The maximum Gasteiger partial charge on any atom is 0.161 e. The van der Waals surface area contributed by atoms with E-state index in [1.54, 1.807) is 13.1 Å². The van der Waals surface area contributed by atoms with E-state index in [1.807, 2.05) is 12.1 Å². The highest BCUT2D eigenvalue weighted by Crippen LogP contribution is 2.16. The average Bonchev–Trinajstić information content (AvgIpc) is 2.34. The zero-order chi connectivity index (χ0) is 13.5. The molecular weight excluding hydrogens is 224 g/mol. The standard InChI is InChI=1S/C15H24N2O/c1-5-6-7-10-17(12(2)3)15-9-8-14(11-16-15)13(4)18/h8-9,11-12H,5-7,10H2,1-4H3. The first-order valence-electron chi connectivity index (χ1n) is 6.80. The van der Waals surface area contributed by atoms with Crippen LogP contribution >= 0.6 is 0 Å². The molecule has 0 radical (unpaired) electrons. The predicted molar refractivity (Wildman–Crippen MR) is 76.2 cm³/mol. The minimum absolute atomic E-state index is 0.0659. The summed E-state index contributed by atoms with van der Waals surface area (Å²) in [6, 6.07) is 4.24. The summed E-state index contributed by atoms with van der Waals surface area (Å²) in [5, 5.41) is 0. The number of nitrogens with zero attached hydrogens (tertiary/aromatic N) is 2. The van der Waals surface area contributed by atoms with Crippen LogP contribution in [0.25, 0.3) is 0 Å². The van der Waals surface area contributed by atoms with Crippen LogP contribution < -0.4 is 4.90 Å². The van der Waals surface area contributed by atoms with E-state index in [-0.39, 0.29) is 5.78 Å². The van der Waals surface area contributed by atoms with Crippen LogP contribution in [0.4, 0.5) is 5.82 Å². The van der Waals surface area contributed by atoms with Gasteiger partial charge < -0.3 is 4.90 Å². The van der Waals surface area contributed by atoms with Gasteiger partial charge in [-0.2, -0.15) is 0 Å². The van der Waals surface area contributed by atoms with E-state index in [0.29, 0.717) is 11.6 Å². The monoisotopic (exact) mass is 248 g/mol. The van der Waals surface area contributed by atoms with Gasteiger partial charge in [0.25, 0.3) is 0 Å². The van der Waals surface area contributed by atoms with Gasteiger partial charge in [-0.1, -0.05) is 19.8 Å². The van der Waals surface area contributed by atoms with Crippen LogP contribution in [-0.4, -0.2) is 23.4 Å². The quantitative estimate of drug-likeness (QED) is 0.545. The molecule has 0 aliphatic rings. The van der Waals surface area contributed by atoms with E-state index in [1.165, 1.54) is 19.3 Å². The van der Waals surface area contributed by atoms with Gasteiger partial charge in [0.05, 0.1) is 0 Å². The van der Waals surface area contributed by atoms with E-state index >= 15 is 0 Å². The first-order valence-corrected chi connectivity index (χ1v) is 6.80. The average molecular weight is 248 g/mol. The summed E-state index contributed by atoms with van der Waals surface area (Å²) in [7, 11) is 0. The van der Waals surface area contributed by atoms with Crippen molar-refractivity contribution in [3.05, 3.63) is 23.9 Å². The van der Waals surface area contributed by atoms with Crippen molar-refractivity contribution in [3.63, 3.8) is 0 Å². The topological polar surface area (TPSA) is 33.2 Å². The molecule has 3 heteroatoms. The minimum atomic E-state index is 0.0659. The third-order valence-corrected chi connectivity index (χ3v) is 3.07. The molecule has 100 valence electrons. The normalized spacial score (nSPS) is 10.7. The van der Waals surface area contributed by atoms with Gasteiger partial charge in [0.2, 0.25) is 0 Å². The van der Waals surface area contributed by atoms with Gasteiger partial charge in [-0.15, -0.1) is 0 Å². The van der Waals surface area contributed by atoms with Gasteiger partial charge in [0, 0.05) is 24.3 Å². The fourth-order valence-corrected chi connectivity index (χ4v) is 1.93. The van der Waals surface area contributed by atoms with E-state index in [2.05, 4.69) is 30.7 Å². The Hall–Kier alpha value is -1.38. The Morgan fingerprint density at radius 3 is 2.50 bits per heavy atom. The van der Waals surface area contributed by atoms with Crippen LogP contribution in [0.15, 0.2) is 18.3 Å². The number of carbonyl (C=O) groups is 1. The first kappa shape index (κ1) is 14.7. The highest BCUT2D eigenvalue weighted by molar-refractivity contribution is 5.93. The van der Waals surface area contributed by atoms with Crippen molar-refractivity contribution in [2.45, 2.75) is 53.0 Å². The maximum atomic E-state index is 11.2. The summed E-state index contributed by atoms with van der Waals surface area (Å²) < 4.78 is 0. The number of aromatic nitrogens is 1. The second-order valence-corrected chi connectivity index (χ2v) is 4.96. The molecule has 0 spiro atoms. The largest absolute Gasteiger partial charge is 0.354 e. The summed E-state index contributed by atoms with van der Waals surface area (Å²) in [4.78, 5) is 17.9. The number of unbranched alkanes of at least 4 members (excludes halogenated alkanes) is 2. The summed E-state index contributed by atoms with van der Waals surface area (Å²) >= 11 is 0. The van der Waals surface area contributed by atoms with Crippen molar-refractivity contribution >= 4 is 11.6 Å². The Kier molecular flexibility index (Phi) is 5.83. The third-order valence-electron chi connectivity index (χ3n) is 3.07. The first-order chi connectivity index (χ1) is 8.56. The molecule has 0 aliphatic carbocycles. The molecule has 1 aromatic heterocycles. The summed E-state index contributed by atoms with van der Waals surface area (Å²) in [5.74, 6) is 1.03. The van der Waals surface area contributed by atoms with Gasteiger partial charge >= 0.3 is 0 Å². The zero-order valence-corrected chi connectivity index (χ0v) is 11.9. The maximum absolute atomic E-state index is 11.2. The Balaban J connectivity index is 2.75. The van der Waals surface area contributed by atoms with Crippen molar-refractivity contribution in [2.75, 3.05) is 11.4 Å². The molecule has 1 rings (SSSR count). The number of anilines is 1. The zero-order valence-electron chi connectivity index (χ0n) is 11.9. The fourth-order valence-electron chi connectivity index (χ4n) is 1.93. The van der Waals surface area contributed by atoms with Crippen LogP contribution in [-0.2, 0) is 0 Å². The number of ketones is 1. The molecule has 0 saturated carbocycles. The minimum Gasteiger partial charge on any atom is -0.354 e. The number of Topliss-reactive ketones (excluding diaryl/α,β-unsaturated/α-hetero) is 1. The van der Waals surface area contributed by atoms with Crippen molar-refractivity contribution < 1.29 is 4.79 Å². The van der Waals surface area contributed by atoms with Gasteiger partial charge in [-0.3, -0.25) is 4.79 Å². The Bertz CT molecular complexity index is 371. The summed E-state index contributed by atoms with van der Waals surface area (Å²) in [5.41, 5.74) is 0.677. The van der Waals surface area contributed by atoms with Gasteiger partial charge in [0.15, 0.2) is 5.78 Å². The molecule has 1 heterocycles. The van der Waals surface area contributed by atoms with Gasteiger partial charge in [-0.05, 0) is 39.3 Å². The summed E-state index contributed by atoms with van der Waals surface area (Å²) in [6.07, 6.45) is 5.33. The lowest BCUT2D eigenvalue weighted by Gasteiger charge is -2.28. The Labute approximate surface area is 110 Å². The lowest BCUT2D eigenvalue weighted by atomic mass is 10.2. The fraction of sp³-hybridized carbons (Fsp3) is 0.600. The van der Waals surface area contributed by atoms with E-state index < -0.39 is 0 Å². The van der Waals surface area contributed by atoms with Crippen molar-refractivity contribution in [2.24, 2.45) is 0 Å². The van der Waals surface area contributed by atoms with E-state index in [9.17, 15) is 4.79 Å². The molecule has 0 fully saturated rings. The molecule has 18 heavy (non-hydrogen) atoms. The second-order valence-electron chi connectivity index (χ2n) is 4.96. The molecule has 0 N–H and O–H groups in total. The number of rotatable bonds is 7. The molecule has 1 aromatic rings. The highest BCUT2D eigenvalue weighted by Gasteiger charge is 2.11. The van der Waals surface area contributed by atoms with Crippen molar-refractivity contribution in [1.29, 1.82) is 0 Å². The second kappa shape index (κ2) is 7.14.